The summed E-state index contributed by atoms with van der Waals surface area (Å²) < 4.78 is 35.2. The fraction of sp³-hybridized carbons (Fsp3) is 0.943. The molecule has 0 bridgehead atoms. The Morgan fingerprint density at radius 3 is 1.23 bits per heavy atom. The van der Waals surface area contributed by atoms with Gasteiger partial charge in [0.05, 0.1) is 34.4 Å². The van der Waals surface area contributed by atoms with E-state index in [1.807, 2.05) is 21.1 Å². The van der Waals surface area contributed by atoms with Crippen LogP contribution in [0.1, 0.15) is 264 Å². The molecule has 0 heterocycles. The van der Waals surface area contributed by atoms with Crippen LogP contribution in [-0.2, 0) is 27.9 Å². The lowest BCUT2D eigenvalue weighted by atomic mass is 10.0. The van der Waals surface area contributed by atoms with Gasteiger partial charge in [-0.15, -0.1) is 0 Å². The third kappa shape index (κ3) is 50.2. The van der Waals surface area contributed by atoms with Gasteiger partial charge in [0.15, 0.2) is 0 Å². The van der Waals surface area contributed by atoms with Crippen LogP contribution in [0.3, 0.4) is 0 Å². The number of hydrogen-bond acceptors (Lipinski definition) is 6. The quantitative estimate of drug-likeness (QED) is 0.0214. The number of rotatable bonds is 51. The van der Waals surface area contributed by atoms with Gasteiger partial charge in [0.1, 0.15) is 19.3 Å². The molecule has 0 aliphatic heterocycles. The molecule has 0 aromatic heterocycles. The van der Waals surface area contributed by atoms with E-state index >= 15 is 0 Å². The van der Waals surface area contributed by atoms with Crippen molar-refractivity contribution in [3.8, 4) is 0 Å². The number of nitrogens with zero attached hydrogens (tertiary/aromatic N) is 1. The van der Waals surface area contributed by atoms with E-state index in [2.05, 4.69) is 26.0 Å². The van der Waals surface area contributed by atoms with Gasteiger partial charge >= 0.3 is 13.8 Å². The van der Waals surface area contributed by atoms with E-state index in [4.69, 9.17) is 18.5 Å². The van der Waals surface area contributed by atoms with E-state index in [9.17, 15) is 14.3 Å². The third-order valence-corrected chi connectivity index (χ3v) is 13.1. The molecule has 0 rings (SSSR count). The molecule has 0 amide bonds. The van der Waals surface area contributed by atoms with E-state index in [1.165, 1.54) is 212 Å². The minimum atomic E-state index is -4.27. The lowest BCUT2D eigenvalue weighted by Gasteiger charge is -2.24. The molecule has 0 aliphatic rings. The molecule has 0 saturated carbocycles. The molecular formula is C53H107NO7P+. The molecule has 2 unspecified atom stereocenters. The number of esters is 1. The van der Waals surface area contributed by atoms with Crippen molar-refractivity contribution in [3.63, 3.8) is 0 Å². The number of carbonyl (C=O) groups is 1. The summed E-state index contributed by atoms with van der Waals surface area (Å²) in [5.41, 5.74) is 0. The van der Waals surface area contributed by atoms with Crippen LogP contribution in [0, 0.1) is 0 Å². The van der Waals surface area contributed by atoms with Crippen molar-refractivity contribution >= 4 is 13.8 Å². The summed E-state index contributed by atoms with van der Waals surface area (Å²) >= 11 is 0. The highest BCUT2D eigenvalue weighted by molar-refractivity contribution is 7.47. The lowest BCUT2D eigenvalue weighted by molar-refractivity contribution is -0.870. The van der Waals surface area contributed by atoms with Gasteiger partial charge in [-0.1, -0.05) is 231 Å². The first-order chi connectivity index (χ1) is 30.1. The average Bonchev–Trinajstić information content (AvgIpc) is 3.23. The molecule has 0 aromatic rings. The zero-order valence-corrected chi connectivity index (χ0v) is 43.0. The Hall–Kier alpha value is -0.760. The molecule has 62 heavy (non-hydrogen) atoms. The Morgan fingerprint density at radius 1 is 0.484 bits per heavy atom. The molecule has 0 spiro atoms. The zero-order valence-electron chi connectivity index (χ0n) is 42.1. The molecule has 370 valence electrons. The molecule has 9 heteroatoms. The molecule has 0 saturated heterocycles. The van der Waals surface area contributed by atoms with E-state index in [1.54, 1.807) is 0 Å². The lowest BCUT2D eigenvalue weighted by Crippen LogP contribution is -2.37. The van der Waals surface area contributed by atoms with Crippen molar-refractivity contribution in [1.82, 2.24) is 0 Å². The zero-order chi connectivity index (χ0) is 45.5. The van der Waals surface area contributed by atoms with Gasteiger partial charge in [0.2, 0.25) is 0 Å². The van der Waals surface area contributed by atoms with Gasteiger partial charge in [0.25, 0.3) is 0 Å². The van der Waals surface area contributed by atoms with Crippen LogP contribution in [0.2, 0.25) is 0 Å². The van der Waals surface area contributed by atoms with Gasteiger partial charge in [-0.05, 0) is 38.5 Å². The highest BCUT2D eigenvalue weighted by atomic mass is 31.2. The Morgan fingerprint density at radius 2 is 0.839 bits per heavy atom. The monoisotopic (exact) mass is 901 g/mol. The second-order valence-corrected chi connectivity index (χ2v) is 21.1. The summed E-state index contributed by atoms with van der Waals surface area (Å²) in [4.78, 5) is 23.0. The number of ether oxygens (including phenoxy) is 2. The Labute approximate surface area is 386 Å². The van der Waals surface area contributed by atoms with Crippen molar-refractivity contribution in [2.24, 2.45) is 0 Å². The summed E-state index contributed by atoms with van der Waals surface area (Å²) in [5.74, 6) is -0.307. The molecule has 2 atom stereocenters. The van der Waals surface area contributed by atoms with Gasteiger partial charge in [0, 0.05) is 13.0 Å². The third-order valence-electron chi connectivity index (χ3n) is 12.1. The van der Waals surface area contributed by atoms with Gasteiger partial charge in [-0.3, -0.25) is 13.8 Å². The SMILES string of the molecule is CCCCCCCCCC/C=C\CCCCCCCCCCCCCCOCC(COP(=O)(O)OCC[N+](C)(C)C)OC(=O)CCCCCCCCCCCCCCCCCC. The summed E-state index contributed by atoms with van der Waals surface area (Å²) in [6, 6.07) is 0. The number of likely N-dealkylation sites (N-methyl/N-ethyl adjacent to an activating group) is 1. The van der Waals surface area contributed by atoms with Gasteiger partial charge in [-0.2, -0.15) is 0 Å². The van der Waals surface area contributed by atoms with Crippen LogP contribution in [0.25, 0.3) is 0 Å². The Kier molecular flexibility index (Phi) is 46.2. The highest BCUT2D eigenvalue weighted by Crippen LogP contribution is 2.43. The van der Waals surface area contributed by atoms with Crippen molar-refractivity contribution in [1.29, 1.82) is 0 Å². The van der Waals surface area contributed by atoms with E-state index in [0.717, 1.165) is 32.1 Å². The standard InChI is InChI=1S/C53H106NO7P/c1-6-8-10-12-14-16-18-20-22-24-25-26-27-28-29-30-31-33-35-37-39-41-43-45-48-58-50-52(51-60-62(56,57)59-49-47-54(3,4)5)61-53(55)46-44-42-40-38-36-34-32-23-21-19-17-15-13-11-9-7-2/h24-25,52H,6-23,26-51H2,1-5H3/p+1/b25-24-. The first kappa shape index (κ1) is 61.2. The number of allylic oxidation sites excluding steroid dienone is 2. The summed E-state index contributed by atoms with van der Waals surface area (Å²) in [6.45, 7) is 5.69. The van der Waals surface area contributed by atoms with Crippen LogP contribution in [0.15, 0.2) is 12.2 Å². The maximum absolute atomic E-state index is 12.8. The van der Waals surface area contributed by atoms with Gasteiger partial charge < -0.3 is 18.9 Å². The summed E-state index contributed by atoms with van der Waals surface area (Å²) in [6.07, 6.45) is 54.0. The molecular weight excluding hydrogens is 794 g/mol. The predicted molar refractivity (Wildman–Crippen MR) is 266 cm³/mol. The largest absolute Gasteiger partial charge is 0.472 e. The molecule has 1 N–H and O–H groups in total. The minimum absolute atomic E-state index is 0.0925. The van der Waals surface area contributed by atoms with Crippen molar-refractivity contribution in [3.05, 3.63) is 12.2 Å². The maximum atomic E-state index is 12.8. The van der Waals surface area contributed by atoms with Crippen LogP contribution >= 0.6 is 7.82 Å². The van der Waals surface area contributed by atoms with Crippen molar-refractivity contribution in [2.75, 3.05) is 54.1 Å². The molecule has 0 aromatic carbocycles. The average molecular weight is 901 g/mol. The summed E-state index contributed by atoms with van der Waals surface area (Å²) in [5, 5.41) is 0. The second-order valence-electron chi connectivity index (χ2n) is 19.6. The number of hydrogen-bond donors (Lipinski definition) is 1. The van der Waals surface area contributed by atoms with E-state index in [0.29, 0.717) is 24.1 Å². The normalized spacial score (nSPS) is 13.6. The molecule has 8 nitrogen and oxygen atoms in total. The van der Waals surface area contributed by atoms with E-state index in [-0.39, 0.29) is 25.8 Å². The van der Waals surface area contributed by atoms with Crippen LogP contribution in [0.4, 0.5) is 0 Å². The first-order valence-corrected chi connectivity index (χ1v) is 28.4. The molecule has 0 aliphatic carbocycles. The number of phosphoric ester groups is 1. The second kappa shape index (κ2) is 46.8. The Balaban J connectivity index is 4.04. The van der Waals surface area contributed by atoms with Crippen LogP contribution in [-0.4, -0.2) is 75.6 Å². The first-order valence-electron chi connectivity index (χ1n) is 26.9. The van der Waals surface area contributed by atoms with Crippen LogP contribution in [0.5, 0.6) is 0 Å². The number of quaternary nitrogens is 1. The fourth-order valence-corrected chi connectivity index (χ4v) is 8.65. The topological polar surface area (TPSA) is 91.3 Å². The van der Waals surface area contributed by atoms with Crippen LogP contribution < -0.4 is 0 Å². The summed E-state index contributed by atoms with van der Waals surface area (Å²) in [7, 11) is 1.69. The highest BCUT2D eigenvalue weighted by Gasteiger charge is 2.26. The fourth-order valence-electron chi connectivity index (χ4n) is 7.90. The molecule has 0 fully saturated rings. The minimum Gasteiger partial charge on any atom is -0.457 e. The van der Waals surface area contributed by atoms with Crippen molar-refractivity contribution < 1.29 is 37.3 Å². The van der Waals surface area contributed by atoms with Gasteiger partial charge in [-0.25, -0.2) is 4.57 Å². The Bertz CT molecular complexity index is 1000. The maximum Gasteiger partial charge on any atom is 0.472 e. The smallest absolute Gasteiger partial charge is 0.457 e. The number of phosphoric acid groups is 1. The van der Waals surface area contributed by atoms with Crippen molar-refractivity contribution in [2.45, 2.75) is 270 Å². The number of unbranched alkanes of at least 4 members (excludes halogenated alkanes) is 35. The van der Waals surface area contributed by atoms with E-state index < -0.39 is 13.9 Å². The predicted octanol–water partition coefficient (Wildman–Crippen LogP) is 16.6. The molecule has 0 radical (unpaired) electrons. The number of carbonyl (C=O) groups excluding carboxylic acids is 1.